The molecular formula is C12H13N3O3S2. The van der Waals surface area contributed by atoms with Gasteiger partial charge in [-0.2, -0.15) is 0 Å². The van der Waals surface area contributed by atoms with Gasteiger partial charge in [-0.3, -0.25) is 4.79 Å². The Labute approximate surface area is 120 Å². The van der Waals surface area contributed by atoms with Crippen LogP contribution in [0.4, 0.5) is 5.69 Å². The van der Waals surface area contributed by atoms with Gasteiger partial charge in [0.15, 0.2) is 9.84 Å². The molecule has 0 spiro atoms. The van der Waals surface area contributed by atoms with Crippen molar-refractivity contribution < 1.29 is 13.2 Å². The molecule has 8 heteroatoms. The number of thiophene rings is 1. The van der Waals surface area contributed by atoms with Crippen LogP contribution in [0.2, 0.25) is 0 Å². The third-order valence-electron chi connectivity index (χ3n) is 3.33. The second-order valence-corrected chi connectivity index (χ2v) is 7.95. The number of hydrogen-bond acceptors (Lipinski definition) is 6. The van der Waals surface area contributed by atoms with Gasteiger partial charge in [-0.05, 0) is 12.1 Å². The van der Waals surface area contributed by atoms with E-state index in [2.05, 4.69) is 4.98 Å². The molecule has 0 aliphatic carbocycles. The van der Waals surface area contributed by atoms with E-state index >= 15 is 0 Å². The molecule has 6 nitrogen and oxygen atoms in total. The van der Waals surface area contributed by atoms with Crippen molar-refractivity contribution in [1.82, 2.24) is 9.88 Å². The molecule has 1 fully saturated rings. The number of carbonyl (C=O) groups excluding carboxylic acids is 1. The van der Waals surface area contributed by atoms with Crippen LogP contribution in [0.3, 0.4) is 0 Å². The molecule has 2 aromatic heterocycles. The number of rotatable bonds is 1. The third-order valence-corrected chi connectivity index (χ3v) is 6.06. The van der Waals surface area contributed by atoms with Crippen molar-refractivity contribution in [1.29, 1.82) is 0 Å². The molecule has 3 heterocycles. The first-order valence-electron chi connectivity index (χ1n) is 6.10. The van der Waals surface area contributed by atoms with Gasteiger partial charge in [0.1, 0.15) is 9.71 Å². The lowest BCUT2D eigenvalue weighted by Gasteiger charge is -2.26. The van der Waals surface area contributed by atoms with Crippen molar-refractivity contribution in [2.24, 2.45) is 0 Å². The molecule has 1 aliphatic rings. The third kappa shape index (κ3) is 2.25. The Morgan fingerprint density at radius 3 is 2.70 bits per heavy atom. The molecule has 0 aromatic carbocycles. The average molecular weight is 311 g/mol. The summed E-state index contributed by atoms with van der Waals surface area (Å²) in [6.45, 7) is 0.449. The van der Waals surface area contributed by atoms with Crippen LogP contribution in [0, 0.1) is 0 Å². The highest BCUT2D eigenvalue weighted by atomic mass is 32.2. The molecule has 106 valence electrons. The van der Waals surface area contributed by atoms with Crippen LogP contribution in [-0.2, 0) is 9.84 Å². The molecule has 0 bridgehead atoms. The van der Waals surface area contributed by atoms with Crippen molar-refractivity contribution in [3.05, 3.63) is 23.2 Å². The van der Waals surface area contributed by atoms with Gasteiger partial charge in [-0.15, -0.1) is 11.3 Å². The van der Waals surface area contributed by atoms with E-state index in [1.165, 1.54) is 11.3 Å². The van der Waals surface area contributed by atoms with E-state index in [-0.39, 0.29) is 30.5 Å². The minimum atomic E-state index is -3.00. The Kier molecular flexibility index (Phi) is 3.14. The fourth-order valence-electron chi connectivity index (χ4n) is 2.17. The zero-order valence-corrected chi connectivity index (χ0v) is 12.2. The van der Waals surface area contributed by atoms with Gasteiger partial charge in [0.2, 0.25) is 0 Å². The van der Waals surface area contributed by atoms with E-state index in [9.17, 15) is 13.2 Å². The SMILES string of the molecule is Nc1c(C(=O)N2CCS(=O)(=O)CC2)sc2ncccc12. The van der Waals surface area contributed by atoms with Gasteiger partial charge in [0, 0.05) is 24.7 Å². The Hall–Kier alpha value is -1.67. The number of nitrogens with two attached hydrogens (primary N) is 1. The summed E-state index contributed by atoms with van der Waals surface area (Å²) in [5.74, 6) is -0.177. The smallest absolute Gasteiger partial charge is 0.266 e. The summed E-state index contributed by atoms with van der Waals surface area (Å²) in [7, 11) is -3.00. The van der Waals surface area contributed by atoms with Gasteiger partial charge in [-0.1, -0.05) is 0 Å². The van der Waals surface area contributed by atoms with Gasteiger partial charge in [0.25, 0.3) is 5.91 Å². The maximum atomic E-state index is 12.4. The van der Waals surface area contributed by atoms with E-state index in [4.69, 9.17) is 5.73 Å². The number of amides is 1. The topological polar surface area (TPSA) is 93.4 Å². The first-order chi connectivity index (χ1) is 9.48. The summed E-state index contributed by atoms with van der Waals surface area (Å²) in [5.41, 5.74) is 6.43. The highest BCUT2D eigenvalue weighted by Gasteiger charge is 2.28. The van der Waals surface area contributed by atoms with Gasteiger partial charge >= 0.3 is 0 Å². The number of pyridine rings is 1. The molecule has 1 amide bonds. The largest absolute Gasteiger partial charge is 0.397 e. The van der Waals surface area contributed by atoms with Crippen LogP contribution in [0.25, 0.3) is 10.2 Å². The van der Waals surface area contributed by atoms with Crippen LogP contribution < -0.4 is 5.73 Å². The molecule has 0 radical (unpaired) electrons. The summed E-state index contributed by atoms with van der Waals surface area (Å²) in [6.07, 6.45) is 1.65. The van der Waals surface area contributed by atoms with Crippen molar-refractivity contribution in [3.8, 4) is 0 Å². The molecule has 2 N–H and O–H groups in total. The molecule has 1 saturated heterocycles. The second-order valence-electron chi connectivity index (χ2n) is 4.64. The van der Waals surface area contributed by atoms with E-state index in [0.29, 0.717) is 10.6 Å². The molecular weight excluding hydrogens is 298 g/mol. The summed E-state index contributed by atoms with van der Waals surface area (Å²) in [4.78, 5) is 19.3. The normalized spacial score (nSPS) is 18.3. The monoisotopic (exact) mass is 311 g/mol. The van der Waals surface area contributed by atoms with E-state index in [1.807, 2.05) is 6.07 Å². The summed E-state index contributed by atoms with van der Waals surface area (Å²) in [6, 6.07) is 3.60. The standard InChI is InChI=1S/C12H13N3O3S2/c13-9-8-2-1-3-14-11(8)19-10(9)12(16)15-4-6-20(17,18)7-5-15/h1-3H,4-7,13H2. The lowest BCUT2D eigenvalue weighted by Crippen LogP contribution is -2.43. The highest BCUT2D eigenvalue weighted by molar-refractivity contribution is 7.91. The average Bonchev–Trinajstić information content (AvgIpc) is 2.76. The predicted octanol–water partition coefficient (Wildman–Crippen LogP) is 0.749. The fraction of sp³-hybridized carbons (Fsp3) is 0.333. The van der Waals surface area contributed by atoms with Crippen molar-refractivity contribution in [2.45, 2.75) is 0 Å². The first kappa shape index (κ1) is 13.3. The van der Waals surface area contributed by atoms with Crippen LogP contribution >= 0.6 is 11.3 Å². The van der Waals surface area contributed by atoms with Crippen molar-refractivity contribution in [2.75, 3.05) is 30.3 Å². The number of anilines is 1. The Balaban J connectivity index is 1.91. The van der Waals surface area contributed by atoms with Gasteiger partial charge in [-0.25, -0.2) is 13.4 Å². The zero-order valence-electron chi connectivity index (χ0n) is 10.6. The minimum Gasteiger partial charge on any atom is -0.397 e. The summed E-state index contributed by atoms with van der Waals surface area (Å²) in [5, 5.41) is 0.769. The Morgan fingerprint density at radius 2 is 2.05 bits per heavy atom. The zero-order chi connectivity index (χ0) is 14.3. The minimum absolute atomic E-state index is 0.0157. The van der Waals surface area contributed by atoms with Crippen molar-refractivity contribution in [3.63, 3.8) is 0 Å². The number of sulfone groups is 1. The first-order valence-corrected chi connectivity index (χ1v) is 8.74. The van der Waals surface area contributed by atoms with E-state index in [1.54, 1.807) is 17.2 Å². The number of hydrogen-bond donors (Lipinski definition) is 1. The Bertz CT molecular complexity index is 768. The molecule has 3 rings (SSSR count). The quantitative estimate of drug-likeness (QED) is 0.839. The second kappa shape index (κ2) is 4.71. The number of nitrogens with zero attached hydrogens (tertiary/aromatic N) is 2. The summed E-state index contributed by atoms with van der Waals surface area (Å²) < 4.78 is 22.8. The molecule has 2 aromatic rings. The molecule has 20 heavy (non-hydrogen) atoms. The van der Waals surface area contributed by atoms with Crippen molar-refractivity contribution >= 4 is 43.0 Å². The van der Waals surface area contributed by atoms with E-state index < -0.39 is 9.84 Å². The van der Waals surface area contributed by atoms with Crippen LogP contribution in [0.1, 0.15) is 9.67 Å². The van der Waals surface area contributed by atoms with Gasteiger partial charge < -0.3 is 10.6 Å². The van der Waals surface area contributed by atoms with Crippen LogP contribution in [-0.4, -0.2) is 48.8 Å². The molecule has 1 aliphatic heterocycles. The molecule has 0 saturated carbocycles. The number of aromatic nitrogens is 1. The number of carbonyl (C=O) groups is 1. The predicted molar refractivity (Wildman–Crippen MR) is 78.6 cm³/mol. The maximum absolute atomic E-state index is 12.4. The van der Waals surface area contributed by atoms with Crippen LogP contribution in [0.5, 0.6) is 0 Å². The van der Waals surface area contributed by atoms with Gasteiger partial charge in [0.05, 0.1) is 17.2 Å². The highest BCUT2D eigenvalue weighted by Crippen LogP contribution is 2.33. The number of fused-ring (bicyclic) bond motifs is 1. The fourth-order valence-corrected chi connectivity index (χ4v) is 4.40. The molecule has 0 unspecified atom stereocenters. The van der Waals surface area contributed by atoms with Crippen LogP contribution in [0.15, 0.2) is 18.3 Å². The lowest BCUT2D eigenvalue weighted by molar-refractivity contribution is 0.0776. The lowest BCUT2D eigenvalue weighted by atomic mass is 10.2. The Morgan fingerprint density at radius 1 is 1.35 bits per heavy atom. The summed E-state index contributed by atoms with van der Waals surface area (Å²) >= 11 is 1.25. The van der Waals surface area contributed by atoms with E-state index in [0.717, 1.165) is 10.2 Å². The maximum Gasteiger partial charge on any atom is 0.266 e. The molecule has 0 atom stereocenters. The number of nitrogen functional groups attached to an aromatic ring is 1.